The first-order chi connectivity index (χ1) is 9.75. The standard InChI is InChI=1S/C16H22N2O3/c1-16(2,3)21-15(19)11-18(4)10-13-7-6-12(9-17)8-14(13)20-5/h6-8H,10-11H2,1-5H3. The van der Waals surface area contributed by atoms with Crippen LogP contribution in [-0.4, -0.2) is 37.2 Å². The minimum absolute atomic E-state index is 0.195. The number of hydrogen-bond donors (Lipinski definition) is 0. The zero-order chi connectivity index (χ0) is 16.0. The predicted octanol–water partition coefficient (Wildman–Crippen LogP) is 2.34. The third-order valence-electron chi connectivity index (χ3n) is 2.68. The Kier molecular flexibility index (Phi) is 5.74. The Hall–Kier alpha value is -2.06. The first-order valence-electron chi connectivity index (χ1n) is 6.72. The van der Waals surface area contributed by atoms with E-state index in [1.54, 1.807) is 19.2 Å². The summed E-state index contributed by atoms with van der Waals surface area (Å²) in [6.45, 7) is 6.26. The molecule has 0 N–H and O–H groups in total. The van der Waals surface area contributed by atoms with Crippen molar-refractivity contribution < 1.29 is 14.3 Å². The SMILES string of the molecule is COc1cc(C#N)ccc1CN(C)CC(=O)OC(C)(C)C. The summed E-state index contributed by atoms with van der Waals surface area (Å²) in [6, 6.07) is 7.34. The van der Waals surface area contributed by atoms with E-state index in [1.807, 2.05) is 38.8 Å². The molecule has 0 saturated heterocycles. The van der Waals surface area contributed by atoms with E-state index in [0.29, 0.717) is 17.9 Å². The quantitative estimate of drug-likeness (QED) is 0.779. The Balaban J connectivity index is 2.69. The fourth-order valence-electron chi connectivity index (χ4n) is 1.89. The van der Waals surface area contributed by atoms with Crippen molar-refractivity contribution in [3.63, 3.8) is 0 Å². The molecule has 5 nitrogen and oxygen atoms in total. The number of carbonyl (C=O) groups excluding carboxylic acids is 1. The Morgan fingerprint density at radius 1 is 1.38 bits per heavy atom. The van der Waals surface area contributed by atoms with E-state index in [0.717, 1.165) is 5.56 Å². The first kappa shape index (κ1) is 17.0. The number of methoxy groups -OCH3 is 1. The number of rotatable bonds is 5. The Labute approximate surface area is 126 Å². The van der Waals surface area contributed by atoms with Crippen molar-refractivity contribution in [1.82, 2.24) is 4.90 Å². The van der Waals surface area contributed by atoms with Crippen molar-refractivity contribution in [3.05, 3.63) is 29.3 Å². The predicted molar refractivity (Wildman–Crippen MR) is 79.9 cm³/mol. The zero-order valence-corrected chi connectivity index (χ0v) is 13.3. The number of nitriles is 1. The van der Waals surface area contributed by atoms with Gasteiger partial charge in [-0.3, -0.25) is 9.69 Å². The van der Waals surface area contributed by atoms with E-state index in [4.69, 9.17) is 14.7 Å². The highest BCUT2D eigenvalue weighted by molar-refractivity contribution is 5.72. The van der Waals surface area contributed by atoms with Gasteiger partial charge in [0.25, 0.3) is 0 Å². The lowest BCUT2D eigenvalue weighted by atomic mass is 10.1. The Morgan fingerprint density at radius 2 is 2.05 bits per heavy atom. The van der Waals surface area contributed by atoms with Crippen molar-refractivity contribution in [2.24, 2.45) is 0 Å². The molecule has 0 spiro atoms. The van der Waals surface area contributed by atoms with Crippen LogP contribution in [0.5, 0.6) is 5.75 Å². The molecule has 0 aliphatic rings. The summed E-state index contributed by atoms with van der Waals surface area (Å²) in [5.41, 5.74) is 0.984. The van der Waals surface area contributed by atoms with Crippen LogP contribution < -0.4 is 4.74 Å². The third-order valence-corrected chi connectivity index (χ3v) is 2.68. The lowest BCUT2D eigenvalue weighted by Crippen LogP contribution is -2.32. The molecular formula is C16H22N2O3. The maximum Gasteiger partial charge on any atom is 0.320 e. The zero-order valence-electron chi connectivity index (χ0n) is 13.3. The Morgan fingerprint density at radius 3 is 2.57 bits per heavy atom. The van der Waals surface area contributed by atoms with Crippen LogP contribution in [0.3, 0.4) is 0 Å². The summed E-state index contributed by atoms with van der Waals surface area (Å²) in [4.78, 5) is 13.6. The van der Waals surface area contributed by atoms with E-state index < -0.39 is 5.60 Å². The number of esters is 1. The summed E-state index contributed by atoms with van der Waals surface area (Å²) >= 11 is 0. The van der Waals surface area contributed by atoms with E-state index >= 15 is 0 Å². The lowest BCUT2D eigenvalue weighted by Gasteiger charge is -2.23. The summed E-state index contributed by atoms with van der Waals surface area (Å²) in [5, 5.41) is 8.88. The average molecular weight is 290 g/mol. The topological polar surface area (TPSA) is 62.6 Å². The number of benzene rings is 1. The van der Waals surface area contributed by atoms with Crippen molar-refractivity contribution in [2.75, 3.05) is 20.7 Å². The van der Waals surface area contributed by atoms with Crippen LogP contribution in [-0.2, 0) is 16.1 Å². The number of nitrogens with zero attached hydrogens (tertiary/aromatic N) is 2. The molecular weight excluding hydrogens is 268 g/mol. The highest BCUT2D eigenvalue weighted by atomic mass is 16.6. The first-order valence-corrected chi connectivity index (χ1v) is 6.72. The molecule has 0 aliphatic heterocycles. The van der Waals surface area contributed by atoms with Crippen molar-refractivity contribution in [3.8, 4) is 11.8 Å². The van der Waals surface area contributed by atoms with E-state index in [1.165, 1.54) is 0 Å². The number of ether oxygens (including phenoxy) is 2. The molecule has 1 aromatic rings. The normalized spacial score (nSPS) is 11.1. The summed E-state index contributed by atoms with van der Waals surface area (Å²) in [6.07, 6.45) is 0. The summed E-state index contributed by atoms with van der Waals surface area (Å²) in [5.74, 6) is 0.378. The molecule has 1 aromatic carbocycles. The fraction of sp³-hybridized carbons (Fsp3) is 0.500. The van der Waals surface area contributed by atoms with Crippen molar-refractivity contribution >= 4 is 5.97 Å². The van der Waals surface area contributed by atoms with Gasteiger partial charge in [-0.05, 0) is 40.0 Å². The van der Waals surface area contributed by atoms with Gasteiger partial charge in [-0.1, -0.05) is 6.07 Å². The molecule has 0 atom stereocenters. The van der Waals surface area contributed by atoms with Crippen LogP contribution >= 0.6 is 0 Å². The number of hydrogen-bond acceptors (Lipinski definition) is 5. The lowest BCUT2D eigenvalue weighted by molar-refractivity contribution is -0.155. The highest BCUT2D eigenvalue weighted by Crippen LogP contribution is 2.21. The highest BCUT2D eigenvalue weighted by Gasteiger charge is 2.18. The van der Waals surface area contributed by atoms with Crippen molar-refractivity contribution in [2.45, 2.75) is 32.9 Å². The molecule has 0 aliphatic carbocycles. The van der Waals surface area contributed by atoms with Crippen LogP contribution in [0.4, 0.5) is 0 Å². The van der Waals surface area contributed by atoms with Gasteiger partial charge in [0, 0.05) is 12.1 Å². The number of carbonyl (C=O) groups is 1. The van der Waals surface area contributed by atoms with Gasteiger partial charge in [-0.2, -0.15) is 5.26 Å². The van der Waals surface area contributed by atoms with E-state index in [9.17, 15) is 4.79 Å². The molecule has 114 valence electrons. The molecule has 0 heterocycles. The molecule has 0 amide bonds. The van der Waals surface area contributed by atoms with Gasteiger partial charge in [-0.15, -0.1) is 0 Å². The van der Waals surface area contributed by atoms with Crippen LogP contribution in [0.1, 0.15) is 31.9 Å². The summed E-state index contributed by atoms with van der Waals surface area (Å²) in [7, 11) is 3.40. The van der Waals surface area contributed by atoms with Gasteiger partial charge < -0.3 is 9.47 Å². The van der Waals surface area contributed by atoms with Gasteiger partial charge in [0.15, 0.2) is 0 Å². The van der Waals surface area contributed by atoms with Crippen molar-refractivity contribution in [1.29, 1.82) is 5.26 Å². The fourth-order valence-corrected chi connectivity index (χ4v) is 1.89. The Bertz CT molecular complexity index is 541. The van der Waals surface area contributed by atoms with Crippen LogP contribution in [0.15, 0.2) is 18.2 Å². The maximum absolute atomic E-state index is 11.8. The van der Waals surface area contributed by atoms with Gasteiger partial charge in [0.2, 0.25) is 0 Å². The summed E-state index contributed by atoms with van der Waals surface area (Å²) < 4.78 is 10.6. The molecule has 0 unspecified atom stereocenters. The maximum atomic E-state index is 11.8. The third kappa shape index (κ3) is 5.84. The smallest absolute Gasteiger partial charge is 0.320 e. The molecule has 0 saturated carbocycles. The minimum atomic E-state index is -0.482. The minimum Gasteiger partial charge on any atom is -0.496 e. The van der Waals surface area contributed by atoms with E-state index in [2.05, 4.69) is 6.07 Å². The van der Waals surface area contributed by atoms with E-state index in [-0.39, 0.29) is 12.5 Å². The van der Waals surface area contributed by atoms with Crippen LogP contribution in [0.2, 0.25) is 0 Å². The van der Waals surface area contributed by atoms with Gasteiger partial charge >= 0.3 is 5.97 Å². The molecule has 0 bridgehead atoms. The average Bonchev–Trinajstić information content (AvgIpc) is 2.36. The molecule has 5 heteroatoms. The molecule has 0 aromatic heterocycles. The monoisotopic (exact) mass is 290 g/mol. The van der Waals surface area contributed by atoms with Crippen LogP contribution in [0, 0.1) is 11.3 Å². The van der Waals surface area contributed by atoms with Gasteiger partial charge in [0.1, 0.15) is 11.4 Å². The van der Waals surface area contributed by atoms with Gasteiger partial charge in [-0.25, -0.2) is 0 Å². The largest absolute Gasteiger partial charge is 0.496 e. The van der Waals surface area contributed by atoms with Crippen LogP contribution in [0.25, 0.3) is 0 Å². The second-order valence-electron chi connectivity index (χ2n) is 5.90. The molecule has 1 rings (SSSR count). The molecule has 21 heavy (non-hydrogen) atoms. The second kappa shape index (κ2) is 7.09. The molecule has 0 radical (unpaired) electrons. The molecule has 0 fully saturated rings. The number of likely N-dealkylation sites (N-methyl/N-ethyl adjacent to an activating group) is 1. The second-order valence-corrected chi connectivity index (χ2v) is 5.90. The van der Waals surface area contributed by atoms with Gasteiger partial charge in [0.05, 0.1) is 25.3 Å².